The van der Waals surface area contributed by atoms with Crippen molar-refractivity contribution in [2.45, 2.75) is 6.92 Å². The number of benzene rings is 2. The van der Waals surface area contributed by atoms with Crippen molar-refractivity contribution in [3.63, 3.8) is 0 Å². The van der Waals surface area contributed by atoms with Crippen molar-refractivity contribution < 1.29 is 4.79 Å². The number of hydrogen-bond acceptors (Lipinski definition) is 5. The molecule has 2 aromatic heterocycles. The highest BCUT2D eigenvalue weighted by molar-refractivity contribution is 5.94. The Kier molecular flexibility index (Phi) is 5.07. The molecule has 1 fully saturated rings. The standard InChI is InChI=1S/C24H24N6O2/c1-16-3-8-21-18(13-16)14-20(23(31)25-21)22-15-30(27-26-22)19-6-4-17(5-7-19)24(32)29-11-9-28(2)10-12-29/h3-8,13-15H,9-12H2,1-2H3,(H,25,31). The van der Waals surface area contributed by atoms with Crippen LogP contribution in [0.1, 0.15) is 15.9 Å². The Morgan fingerprint density at radius 1 is 1.00 bits per heavy atom. The second-order valence-corrected chi connectivity index (χ2v) is 8.29. The molecule has 162 valence electrons. The lowest BCUT2D eigenvalue weighted by Gasteiger charge is -2.32. The average molecular weight is 428 g/mol. The molecular weight excluding hydrogens is 404 g/mol. The zero-order valence-corrected chi connectivity index (χ0v) is 18.1. The second kappa shape index (κ2) is 8.05. The van der Waals surface area contributed by atoms with Gasteiger partial charge in [-0.25, -0.2) is 4.68 Å². The lowest BCUT2D eigenvalue weighted by Crippen LogP contribution is -2.47. The SMILES string of the molecule is Cc1ccc2[nH]c(=O)c(-c3cn(-c4ccc(C(=O)N5CCN(C)CC5)cc4)nn3)cc2c1. The lowest BCUT2D eigenvalue weighted by atomic mass is 10.1. The van der Waals surface area contributed by atoms with Gasteiger partial charge in [0.25, 0.3) is 11.5 Å². The molecule has 32 heavy (non-hydrogen) atoms. The summed E-state index contributed by atoms with van der Waals surface area (Å²) in [6.07, 6.45) is 1.73. The molecule has 8 nitrogen and oxygen atoms in total. The van der Waals surface area contributed by atoms with Gasteiger partial charge in [-0.05, 0) is 61.8 Å². The van der Waals surface area contributed by atoms with Crippen LogP contribution in [-0.2, 0) is 0 Å². The zero-order valence-electron chi connectivity index (χ0n) is 18.1. The predicted molar refractivity (Wildman–Crippen MR) is 123 cm³/mol. The molecule has 8 heteroatoms. The number of likely N-dealkylation sites (N-methyl/N-ethyl adjacent to an activating group) is 1. The Bertz CT molecular complexity index is 1350. The van der Waals surface area contributed by atoms with Gasteiger partial charge in [0.2, 0.25) is 0 Å². The highest BCUT2D eigenvalue weighted by atomic mass is 16.2. The van der Waals surface area contributed by atoms with E-state index in [1.54, 1.807) is 10.9 Å². The van der Waals surface area contributed by atoms with Crippen LogP contribution < -0.4 is 5.56 Å². The first-order valence-corrected chi connectivity index (χ1v) is 10.6. The molecule has 0 radical (unpaired) electrons. The maximum Gasteiger partial charge on any atom is 0.258 e. The summed E-state index contributed by atoms with van der Waals surface area (Å²) < 4.78 is 1.61. The number of carbonyl (C=O) groups excluding carboxylic acids is 1. The maximum atomic E-state index is 12.7. The van der Waals surface area contributed by atoms with Crippen molar-refractivity contribution in [2.24, 2.45) is 0 Å². The van der Waals surface area contributed by atoms with Crippen molar-refractivity contribution in [1.29, 1.82) is 0 Å². The van der Waals surface area contributed by atoms with Crippen LogP contribution in [0, 0.1) is 6.92 Å². The summed E-state index contributed by atoms with van der Waals surface area (Å²) in [5.41, 5.74) is 4.08. The van der Waals surface area contributed by atoms with Crippen LogP contribution in [0.25, 0.3) is 27.8 Å². The van der Waals surface area contributed by atoms with Gasteiger partial charge in [-0.2, -0.15) is 0 Å². The number of piperazine rings is 1. The molecule has 1 saturated heterocycles. The van der Waals surface area contributed by atoms with Crippen molar-refractivity contribution >= 4 is 16.8 Å². The van der Waals surface area contributed by atoms with Crippen LogP contribution >= 0.6 is 0 Å². The molecule has 0 unspecified atom stereocenters. The number of pyridine rings is 1. The zero-order chi connectivity index (χ0) is 22.2. The Morgan fingerprint density at radius 2 is 1.75 bits per heavy atom. The minimum atomic E-state index is -0.207. The number of rotatable bonds is 3. The summed E-state index contributed by atoms with van der Waals surface area (Å²) >= 11 is 0. The molecule has 1 aliphatic heterocycles. The largest absolute Gasteiger partial charge is 0.336 e. The minimum Gasteiger partial charge on any atom is -0.336 e. The summed E-state index contributed by atoms with van der Waals surface area (Å²) in [7, 11) is 2.07. The molecule has 0 aliphatic carbocycles. The molecule has 0 bridgehead atoms. The van der Waals surface area contributed by atoms with Gasteiger partial charge in [0.05, 0.1) is 17.4 Å². The third-order valence-corrected chi connectivity index (χ3v) is 5.94. The lowest BCUT2D eigenvalue weighted by molar-refractivity contribution is 0.0664. The number of nitrogens with zero attached hydrogens (tertiary/aromatic N) is 5. The molecule has 0 atom stereocenters. The van der Waals surface area contributed by atoms with E-state index in [2.05, 4.69) is 27.2 Å². The molecule has 1 N–H and O–H groups in total. The van der Waals surface area contributed by atoms with E-state index in [1.165, 1.54) is 0 Å². The molecule has 0 saturated carbocycles. The Hall–Kier alpha value is -3.78. The van der Waals surface area contributed by atoms with Crippen LogP contribution in [0.5, 0.6) is 0 Å². The number of aryl methyl sites for hydroxylation is 1. The van der Waals surface area contributed by atoms with Crippen LogP contribution in [0.2, 0.25) is 0 Å². The van der Waals surface area contributed by atoms with Crippen LogP contribution in [-0.4, -0.2) is 68.9 Å². The second-order valence-electron chi connectivity index (χ2n) is 8.29. The van der Waals surface area contributed by atoms with Crippen LogP contribution in [0.15, 0.2) is 59.5 Å². The number of nitrogens with one attached hydrogen (secondary N) is 1. The van der Waals surface area contributed by atoms with Gasteiger partial charge in [0, 0.05) is 37.3 Å². The first kappa shape index (κ1) is 20.1. The fraction of sp³-hybridized carbons (Fsp3) is 0.250. The van der Waals surface area contributed by atoms with Crippen molar-refractivity contribution in [2.75, 3.05) is 33.2 Å². The molecule has 0 spiro atoms. The molecule has 2 aromatic carbocycles. The molecule has 1 amide bonds. The quantitative estimate of drug-likeness (QED) is 0.542. The number of amides is 1. The van der Waals surface area contributed by atoms with Gasteiger partial charge in [0.15, 0.2) is 0 Å². The van der Waals surface area contributed by atoms with Gasteiger partial charge in [-0.1, -0.05) is 16.8 Å². The summed E-state index contributed by atoms with van der Waals surface area (Å²) in [5.74, 6) is 0.0434. The fourth-order valence-electron chi connectivity index (χ4n) is 3.98. The number of aromatic nitrogens is 4. The Balaban J connectivity index is 1.39. The number of H-pyrrole nitrogens is 1. The van der Waals surface area contributed by atoms with Gasteiger partial charge < -0.3 is 14.8 Å². The summed E-state index contributed by atoms with van der Waals surface area (Å²) in [5, 5.41) is 9.34. The average Bonchev–Trinajstić information content (AvgIpc) is 3.29. The van der Waals surface area contributed by atoms with E-state index in [-0.39, 0.29) is 11.5 Å². The third-order valence-electron chi connectivity index (χ3n) is 5.94. The maximum absolute atomic E-state index is 12.7. The smallest absolute Gasteiger partial charge is 0.258 e. The number of aromatic amines is 1. The highest BCUT2D eigenvalue weighted by Gasteiger charge is 2.20. The molecule has 1 aliphatic rings. The van der Waals surface area contributed by atoms with E-state index in [9.17, 15) is 9.59 Å². The van der Waals surface area contributed by atoms with Gasteiger partial charge in [-0.3, -0.25) is 9.59 Å². The van der Waals surface area contributed by atoms with E-state index in [0.717, 1.165) is 48.3 Å². The Labute approximate surface area is 185 Å². The molecular formula is C24H24N6O2. The fourth-order valence-corrected chi connectivity index (χ4v) is 3.98. The summed E-state index contributed by atoms with van der Waals surface area (Å²) in [4.78, 5) is 32.3. The highest BCUT2D eigenvalue weighted by Crippen LogP contribution is 2.20. The normalized spacial score (nSPS) is 14.8. The van der Waals surface area contributed by atoms with E-state index in [4.69, 9.17) is 0 Å². The Morgan fingerprint density at radius 3 is 2.50 bits per heavy atom. The van der Waals surface area contributed by atoms with Crippen LogP contribution in [0.4, 0.5) is 0 Å². The molecule has 5 rings (SSSR count). The third kappa shape index (κ3) is 3.80. The molecule has 3 heterocycles. The monoisotopic (exact) mass is 428 g/mol. The number of hydrogen-bond donors (Lipinski definition) is 1. The first-order valence-electron chi connectivity index (χ1n) is 10.6. The van der Waals surface area contributed by atoms with E-state index >= 15 is 0 Å². The van der Waals surface area contributed by atoms with Crippen molar-refractivity contribution in [3.8, 4) is 16.9 Å². The number of fused-ring (bicyclic) bond motifs is 1. The van der Waals surface area contributed by atoms with Crippen LogP contribution in [0.3, 0.4) is 0 Å². The minimum absolute atomic E-state index is 0.0434. The van der Waals surface area contributed by atoms with E-state index in [1.807, 2.05) is 60.4 Å². The van der Waals surface area contributed by atoms with Crippen molar-refractivity contribution in [1.82, 2.24) is 29.8 Å². The van der Waals surface area contributed by atoms with Gasteiger partial charge in [-0.15, -0.1) is 5.10 Å². The summed E-state index contributed by atoms with van der Waals surface area (Å²) in [6.45, 7) is 5.27. The van der Waals surface area contributed by atoms with E-state index in [0.29, 0.717) is 16.8 Å². The summed E-state index contributed by atoms with van der Waals surface area (Å²) in [6, 6.07) is 15.0. The van der Waals surface area contributed by atoms with Gasteiger partial charge in [0.1, 0.15) is 5.69 Å². The topological polar surface area (TPSA) is 87.1 Å². The molecule has 4 aromatic rings. The van der Waals surface area contributed by atoms with Gasteiger partial charge >= 0.3 is 0 Å². The van der Waals surface area contributed by atoms with E-state index < -0.39 is 0 Å². The number of carbonyl (C=O) groups is 1. The van der Waals surface area contributed by atoms with Crippen molar-refractivity contribution in [3.05, 3.63) is 76.2 Å². The first-order chi connectivity index (χ1) is 15.5. The predicted octanol–water partition coefficient (Wildman–Crippen LogP) is 2.47.